The minimum Gasteiger partial charge on any atom is -0.215 e. The molecular weight excluding hydrogens is 186 g/mol. The third-order valence-electron chi connectivity index (χ3n) is 1.39. The average molecular weight is 191 g/mol. The highest BCUT2D eigenvalue weighted by Crippen LogP contribution is 2.27. The first kappa shape index (κ1) is 9.70. The number of nitrogens with zero attached hydrogens (tertiary/aromatic N) is 1. The van der Waals surface area contributed by atoms with Gasteiger partial charge in [0.15, 0.2) is 0 Å². The maximum atomic E-state index is 12.7. The highest BCUT2D eigenvalue weighted by molar-refractivity contribution is 5.46. The maximum Gasteiger partial charge on any atom is 0.433 e. The van der Waals surface area contributed by atoms with Crippen LogP contribution in [0.3, 0.4) is 0 Å². The van der Waals surface area contributed by atoms with Gasteiger partial charge in [-0.3, -0.25) is 0 Å². The summed E-state index contributed by atoms with van der Waals surface area (Å²) in [5, 5.41) is 0. The maximum absolute atomic E-state index is 12.7. The summed E-state index contributed by atoms with van der Waals surface area (Å²) in [5.41, 5.74) is -1.29. The van der Waals surface area contributed by atoms with E-state index in [2.05, 4.69) is 11.6 Å². The molecule has 0 spiro atoms. The fourth-order valence-corrected chi connectivity index (χ4v) is 0.755. The van der Waals surface area contributed by atoms with Crippen LogP contribution in [0.15, 0.2) is 18.7 Å². The SMILES string of the molecule is C=Cc1ccc(C(F)(F)F)nc1F. The smallest absolute Gasteiger partial charge is 0.215 e. The lowest BCUT2D eigenvalue weighted by molar-refractivity contribution is -0.141. The van der Waals surface area contributed by atoms with E-state index in [9.17, 15) is 17.6 Å². The minimum atomic E-state index is -4.61. The highest BCUT2D eigenvalue weighted by atomic mass is 19.4. The van der Waals surface area contributed by atoms with Crippen molar-refractivity contribution in [2.45, 2.75) is 6.18 Å². The zero-order valence-corrected chi connectivity index (χ0v) is 6.40. The number of halogens is 4. The molecule has 1 aromatic rings. The standard InChI is InChI=1S/C8H5F4N/c1-2-5-3-4-6(8(10,11)12)13-7(5)9/h2-4H,1H2. The van der Waals surface area contributed by atoms with Gasteiger partial charge in [0, 0.05) is 5.56 Å². The van der Waals surface area contributed by atoms with E-state index in [4.69, 9.17) is 0 Å². The zero-order chi connectivity index (χ0) is 10.1. The van der Waals surface area contributed by atoms with E-state index in [0.717, 1.165) is 12.1 Å². The number of rotatable bonds is 1. The number of hydrogen-bond donors (Lipinski definition) is 0. The van der Waals surface area contributed by atoms with Crippen LogP contribution in [-0.4, -0.2) is 4.98 Å². The molecule has 0 bridgehead atoms. The average Bonchev–Trinajstić information content (AvgIpc) is 2.02. The van der Waals surface area contributed by atoms with Gasteiger partial charge >= 0.3 is 6.18 Å². The molecule has 70 valence electrons. The summed E-state index contributed by atoms with van der Waals surface area (Å²) in [6.45, 7) is 3.22. The highest BCUT2D eigenvalue weighted by Gasteiger charge is 2.32. The summed E-state index contributed by atoms with van der Waals surface area (Å²) in [4.78, 5) is 2.75. The van der Waals surface area contributed by atoms with E-state index in [1.165, 1.54) is 0 Å². The quantitative estimate of drug-likeness (QED) is 0.491. The van der Waals surface area contributed by atoms with Crippen LogP contribution >= 0.6 is 0 Å². The molecule has 0 unspecified atom stereocenters. The molecule has 0 aliphatic rings. The van der Waals surface area contributed by atoms with Gasteiger partial charge in [0.1, 0.15) is 5.69 Å². The lowest BCUT2D eigenvalue weighted by Gasteiger charge is -2.05. The first-order valence-electron chi connectivity index (χ1n) is 3.31. The Balaban J connectivity index is 3.17. The van der Waals surface area contributed by atoms with E-state index in [1.54, 1.807) is 0 Å². The molecule has 1 aromatic heterocycles. The molecule has 0 aliphatic carbocycles. The van der Waals surface area contributed by atoms with Crippen LogP contribution in [0.2, 0.25) is 0 Å². The molecule has 5 heteroatoms. The molecule has 0 saturated carbocycles. The molecule has 0 radical (unpaired) electrons. The Morgan fingerprint density at radius 3 is 2.31 bits per heavy atom. The third-order valence-corrected chi connectivity index (χ3v) is 1.39. The predicted molar refractivity (Wildman–Crippen MR) is 39.3 cm³/mol. The van der Waals surface area contributed by atoms with E-state index in [1.807, 2.05) is 0 Å². The zero-order valence-electron chi connectivity index (χ0n) is 6.40. The van der Waals surface area contributed by atoms with Gasteiger partial charge in [0.2, 0.25) is 5.95 Å². The van der Waals surface area contributed by atoms with Gasteiger partial charge in [-0.05, 0) is 12.1 Å². The Morgan fingerprint density at radius 1 is 1.31 bits per heavy atom. The Kier molecular flexibility index (Phi) is 2.36. The van der Waals surface area contributed by atoms with Crippen LogP contribution in [-0.2, 0) is 6.18 Å². The van der Waals surface area contributed by atoms with Crippen molar-refractivity contribution in [3.05, 3.63) is 35.9 Å². The summed E-state index contributed by atoms with van der Waals surface area (Å²) in [6, 6.07) is 1.69. The van der Waals surface area contributed by atoms with Crippen molar-refractivity contribution in [2.75, 3.05) is 0 Å². The van der Waals surface area contributed by atoms with Gasteiger partial charge in [-0.15, -0.1) is 0 Å². The second-order valence-corrected chi connectivity index (χ2v) is 2.28. The van der Waals surface area contributed by atoms with Gasteiger partial charge in [-0.2, -0.15) is 17.6 Å². The monoisotopic (exact) mass is 191 g/mol. The second kappa shape index (κ2) is 3.16. The number of aromatic nitrogens is 1. The van der Waals surface area contributed by atoms with Crippen molar-refractivity contribution in [1.29, 1.82) is 0 Å². The lowest BCUT2D eigenvalue weighted by Crippen LogP contribution is -2.09. The third kappa shape index (κ3) is 2.05. The van der Waals surface area contributed by atoms with E-state index >= 15 is 0 Å². The van der Waals surface area contributed by atoms with Crippen LogP contribution in [0.25, 0.3) is 6.08 Å². The summed E-state index contributed by atoms with van der Waals surface area (Å²) in [7, 11) is 0. The molecule has 0 aliphatic heterocycles. The normalized spacial score (nSPS) is 11.4. The molecular formula is C8H5F4N. The van der Waals surface area contributed by atoms with E-state index in [-0.39, 0.29) is 5.56 Å². The molecule has 0 amide bonds. The Labute approximate surface area is 71.7 Å². The lowest BCUT2D eigenvalue weighted by atomic mass is 10.2. The Hall–Kier alpha value is -1.39. The van der Waals surface area contributed by atoms with Gasteiger partial charge in [0.25, 0.3) is 0 Å². The molecule has 1 rings (SSSR count). The van der Waals surface area contributed by atoms with Crippen LogP contribution in [0.5, 0.6) is 0 Å². The van der Waals surface area contributed by atoms with E-state index < -0.39 is 17.8 Å². The Bertz CT molecular complexity index is 329. The fourth-order valence-electron chi connectivity index (χ4n) is 0.755. The van der Waals surface area contributed by atoms with Crippen molar-refractivity contribution in [3.63, 3.8) is 0 Å². The van der Waals surface area contributed by atoms with Gasteiger partial charge < -0.3 is 0 Å². The molecule has 1 nitrogen and oxygen atoms in total. The molecule has 0 N–H and O–H groups in total. The number of pyridine rings is 1. The summed E-state index contributed by atoms with van der Waals surface area (Å²) >= 11 is 0. The number of alkyl halides is 3. The van der Waals surface area contributed by atoms with Crippen LogP contribution < -0.4 is 0 Å². The Morgan fingerprint density at radius 2 is 1.92 bits per heavy atom. The number of hydrogen-bond acceptors (Lipinski definition) is 1. The first-order chi connectivity index (χ1) is 5.95. The fraction of sp³-hybridized carbons (Fsp3) is 0.125. The molecule has 0 saturated heterocycles. The van der Waals surface area contributed by atoms with Gasteiger partial charge in [-0.1, -0.05) is 12.7 Å². The molecule has 1 heterocycles. The summed E-state index contributed by atoms with van der Waals surface area (Å²) < 4.78 is 48.5. The van der Waals surface area contributed by atoms with Crippen molar-refractivity contribution >= 4 is 6.08 Å². The van der Waals surface area contributed by atoms with Crippen molar-refractivity contribution in [2.24, 2.45) is 0 Å². The minimum absolute atomic E-state index is 0.0481. The van der Waals surface area contributed by atoms with Crippen molar-refractivity contribution < 1.29 is 17.6 Å². The summed E-state index contributed by atoms with van der Waals surface area (Å²) in [6.07, 6.45) is -3.51. The van der Waals surface area contributed by atoms with Gasteiger partial charge in [-0.25, -0.2) is 4.98 Å². The molecule has 0 aromatic carbocycles. The van der Waals surface area contributed by atoms with Crippen LogP contribution in [0, 0.1) is 5.95 Å². The molecule has 13 heavy (non-hydrogen) atoms. The first-order valence-corrected chi connectivity index (χ1v) is 3.31. The van der Waals surface area contributed by atoms with E-state index in [0.29, 0.717) is 6.07 Å². The van der Waals surface area contributed by atoms with Crippen molar-refractivity contribution in [3.8, 4) is 0 Å². The summed E-state index contributed by atoms with van der Waals surface area (Å²) in [5.74, 6) is -1.16. The topological polar surface area (TPSA) is 12.9 Å². The second-order valence-electron chi connectivity index (χ2n) is 2.28. The van der Waals surface area contributed by atoms with Crippen molar-refractivity contribution in [1.82, 2.24) is 4.98 Å². The van der Waals surface area contributed by atoms with Crippen LogP contribution in [0.4, 0.5) is 17.6 Å². The molecule has 0 fully saturated rings. The van der Waals surface area contributed by atoms with Crippen LogP contribution in [0.1, 0.15) is 11.3 Å². The predicted octanol–water partition coefficient (Wildman–Crippen LogP) is 2.88. The molecule has 0 atom stereocenters. The largest absolute Gasteiger partial charge is 0.433 e. The van der Waals surface area contributed by atoms with Gasteiger partial charge in [0.05, 0.1) is 0 Å².